The van der Waals surface area contributed by atoms with Gasteiger partial charge in [-0.15, -0.1) is 0 Å². The van der Waals surface area contributed by atoms with Gasteiger partial charge in [0.1, 0.15) is 17.2 Å². The van der Waals surface area contributed by atoms with Gasteiger partial charge in [0.05, 0.1) is 6.54 Å². The van der Waals surface area contributed by atoms with E-state index in [-0.39, 0.29) is 5.82 Å². The molecule has 0 aliphatic carbocycles. The molecule has 142 valence electrons. The molecule has 7 heteroatoms. The molecule has 0 atom stereocenters. The summed E-state index contributed by atoms with van der Waals surface area (Å²) in [6.45, 7) is 2.81. The fraction of sp³-hybridized carbons (Fsp3) is 0.300. The van der Waals surface area contributed by atoms with Gasteiger partial charge in [-0.3, -0.25) is 0 Å². The Labute approximate surface area is 163 Å². The number of nitrogens with one attached hydrogen (secondary N) is 1. The lowest BCUT2D eigenvalue weighted by molar-refractivity contribution is 0.399. The summed E-state index contributed by atoms with van der Waals surface area (Å²) in [6.07, 6.45) is 0. The zero-order chi connectivity index (χ0) is 19.2. The highest BCUT2D eigenvalue weighted by molar-refractivity contribution is 6.31. The quantitative estimate of drug-likeness (QED) is 0.601. The number of aromatic nitrogens is 3. The molecule has 2 aromatic carbocycles. The van der Waals surface area contributed by atoms with Gasteiger partial charge in [-0.2, -0.15) is 15.0 Å². The zero-order valence-electron chi connectivity index (χ0n) is 15.5. The highest BCUT2D eigenvalue weighted by Crippen LogP contribution is 2.22. The van der Waals surface area contributed by atoms with Crippen molar-refractivity contribution in [3.05, 3.63) is 70.6 Å². The van der Waals surface area contributed by atoms with Crippen molar-refractivity contribution >= 4 is 11.6 Å². The van der Waals surface area contributed by atoms with Crippen LogP contribution in [0.4, 0.5) is 4.39 Å². The SMILES string of the molecule is CN(C)CCNCc1nn(Cc2ccc(F)cc2Cl)nc1-c1ccccc1. The molecule has 0 aliphatic heterocycles. The first kappa shape index (κ1) is 19.5. The highest BCUT2D eigenvalue weighted by atomic mass is 35.5. The third-order valence-corrected chi connectivity index (χ3v) is 4.48. The molecule has 0 saturated heterocycles. The van der Waals surface area contributed by atoms with Crippen molar-refractivity contribution in [2.45, 2.75) is 13.1 Å². The van der Waals surface area contributed by atoms with Gasteiger partial charge in [0.2, 0.25) is 0 Å². The van der Waals surface area contributed by atoms with Crippen LogP contribution < -0.4 is 5.32 Å². The summed E-state index contributed by atoms with van der Waals surface area (Å²) in [6, 6.07) is 14.3. The fourth-order valence-corrected chi connectivity index (χ4v) is 2.93. The van der Waals surface area contributed by atoms with Gasteiger partial charge in [0.15, 0.2) is 0 Å². The Balaban J connectivity index is 1.82. The minimum absolute atomic E-state index is 0.354. The number of hydrogen-bond donors (Lipinski definition) is 1. The highest BCUT2D eigenvalue weighted by Gasteiger charge is 2.14. The largest absolute Gasteiger partial charge is 0.310 e. The van der Waals surface area contributed by atoms with Crippen molar-refractivity contribution < 1.29 is 4.39 Å². The first-order chi connectivity index (χ1) is 13.0. The molecule has 0 fully saturated rings. The van der Waals surface area contributed by atoms with Gasteiger partial charge >= 0.3 is 0 Å². The third kappa shape index (κ3) is 5.35. The van der Waals surface area contributed by atoms with Crippen LogP contribution in [0.5, 0.6) is 0 Å². The predicted molar refractivity (Wildman–Crippen MR) is 106 cm³/mol. The second-order valence-corrected chi connectivity index (χ2v) is 7.01. The lowest BCUT2D eigenvalue weighted by Crippen LogP contribution is -2.26. The van der Waals surface area contributed by atoms with Gasteiger partial charge in [-0.25, -0.2) is 4.39 Å². The van der Waals surface area contributed by atoms with Gasteiger partial charge < -0.3 is 10.2 Å². The van der Waals surface area contributed by atoms with Crippen LogP contribution in [0.3, 0.4) is 0 Å². The van der Waals surface area contributed by atoms with Crippen LogP contribution in [0.1, 0.15) is 11.3 Å². The van der Waals surface area contributed by atoms with Crippen LogP contribution >= 0.6 is 11.6 Å². The molecule has 3 rings (SSSR count). The van der Waals surface area contributed by atoms with E-state index in [2.05, 4.69) is 20.4 Å². The Hall–Kier alpha value is -2.28. The normalized spacial score (nSPS) is 11.3. The van der Waals surface area contributed by atoms with Crippen molar-refractivity contribution in [2.75, 3.05) is 27.2 Å². The summed E-state index contributed by atoms with van der Waals surface area (Å²) in [7, 11) is 4.08. The minimum Gasteiger partial charge on any atom is -0.310 e. The zero-order valence-corrected chi connectivity index (χ0v) is 16.2. The Morgan fingerprint density at radius 1 is 1.11 bits per heavy atom. The van der Waals surface area contributed by atoms with Crippen molar-refractivity contribution in [3.63, 3.8) is 0 Å². The molecule has 1 aromatic heterocycles. The maximum atomic E-state index is 13.3. The van der Waals surface area contributed by atoms with Crippen molar-refractivity contribution in [1.29, 1.82) is 0 Å². The van der Waals surface area contributed by atoms with Gasteiger partial charge in [-0.05, 0) is 31.8 Å². The van der Waals surface area contributed by atoms with E-state index < -0.39 is 0 Å². The smallest absolute Gasteiger partial charge is 0.124 e. The Morgan fingerprint density at radius 3 is 2.59 bits per heavy atom. The molecule has 5 nitrogen and oxygen atoms in total. The topological polar surface area (TPSA) is 46.0 Å². The minimum atomic E-state index is -0.354. The van der Waals surface area contributed by atoms with Crippen LogP contribution in [-0.4, -0.2) is 47.1 Å². The van der Waals surface area contributed by atoms with E-state index in [4.69, 9.17) is 11.6 Å². The first-order valence-electron chi connectivity index (χ1n) is 8.81. The molecule has 3 aromatic rings. The molecular weight excluding hydrogens is 365 g/mol. The molecule has 0 bridgehead atoms. The number of hydrogen-bond acceptors (Lipinski definition) is 4. The molecular formula is C20H23ClFN5. The molecule has 1 heterocycles. The first-order valence-corrected chi connectivity index (χ1v) is 9.19. The van der Waals surface area contributed by atoms with Crippen molar-refractivity contribution in [1.82, 2.24) is 25.2 Å². The van der Waals surface area contributed by atoms with Crippen LogP contribution in [-0.2, 0) is 13.1 Å². The standard InChI is InChI=1S/C20H23ClFN5/c1-26(2)11-10-23-13-19-20(15-6-4-3-5-7-15)25-27(24-19)14-16-8-9-17(22)12-18(16)21/h3-9,12,23H,10-11,13-14H2,1-2H3. The van der Waals surface area contributed by atoms with E-state index in [9.17, 15) is 4.39 Å². The summed E-state index contributed by atoms with van der Waals surface area (Å²) in [5.74, 6) is -0.354. The van der Waals surface area contributed by atoms with Gasteiger partial charge in [-0.1, -0.05) is 48.0 Å². The summed E-state index contributed by atoms with van der Waals surface area (Å²) >= 11 is 6.15. The van der Waals surface area contributed by atoms with E-state index in [1.165, 1.54) is 12.1 Å². The molecule has 0 saturated carbocycles. The maximum Gasteiger partial charge on any atom is 0.124 e. The number of rotatable bonds is 8. The Morgan fingerprint density at radius 2 is 1.89 bits per heavy atom. The molecule has 0 radical (unpaired) electrons. The van der Waals surface area contributed by atoms with Crippen molar-refractivity contribution in [2.24, 2.45) is 0 Å². The second-order valence-electron chi connectivity index (χ2n) is 6.61. The van der Waals surface area contributed by atoms with E-state index in [0.29, 0.717) is 18.1 Å². The van der Waals surface area contributed by atoms with Crippen molar-refractivity contribution in [3.8, 4) is 11.3 Å². The number of benzene rings is 2. The average molecular weight is 388 g/mol. The summed E-state index contributed by atoms with van der Waals surface area (Å²) in [5, 5.41) is 13.1. The summed E-state index contributed by atoms with van der Waals surface area (Å²) < 4.78 is 13.3. The maximum absolute atomic E-state index is 13.3. The van der Waals surface area contributed by atoms with Crippen LogP contribution in [0, 0.1) is 5.82 Å². The van der Waals surface area contributed by atoms with E-state index >= 15 is 0 Å². The molecule has 0 spiro atoms. The fourth-order valence-electron chi connectivity index (χ4n) is 2.70. The lowest BCUT2D eigenvalue weighted by Gasteiger charge is -2.09. The monoisotopic (exact) mass is 387 g/mol. The molecule has 0 unspecified atom stereocenters. The molecule has 0 amide bonds. The lowest BCUT2D eigenvalue weighted by atomic mass is 10.1. The Kier molecular flexibility index (Phi) is 6.55. The van der Waals surface area contributed by atoms with E-state index in [0.717, 1.165) is 35.6 Å². The number of likely N-dealkylation sites (N-methyl/N-ethyl adjacent to an activating group) is 1. The third-order valence-electron chi connectivity index (χ3n) is 4.13. The molecule has 27 heavy (non-hydrogen) atoms. The number of nitrogens with zero attached hydrogens (tertiary/aromatic N) is 4. The van der Waals surface area contributed by atoms with E-state index in [1.807, 2.05) is 44.4 Å². The van der Waals surface area contributed by atoms with Gasteiger partial charge in [0, 0.05) is 30.2 Å². The van der Waals surface area contributed by atoms with Crippen LogP contribution in [0.15, 0.2) is 48.5 Å². The predicted octanol–water partition coefficient (Wildman–Crippen LogP) is 3.44. The molecule has 1 N–H and O–H groups in total. The number of halogens is 2. The van der Waals surface area contributed by atoms with Gasteiger partial charge in [0.25, 0.3) is 0 Å². The summed E-state index contributed by atoms with van der Waals surface area (Å²) in [4.78, 5) is 3.74. The van der Waals surface area contributed by atoms with E-state index in [1.54, 1.807) is 10.9 Å². The summed E-state index contributed by atoms with van der Waals surface area (Å²) in [5.41, 5.74) is 3.50. The Bertz CT molecular complexity index is 879. The average Bonchev–Trinajstić information content (AvgIpc) is 3.04. The second kappa shape index (κ2) is 9.08. The molecule has 0 aliphatic rings. The van der Waals surface area contributed by atoms with Crippen LogP contribution in [0.25, 0.3) is 11.3 Å². The van der Waals surface area contributed by atoms with Crippen LogP contribution in [0.2, 0.25) is 5.02 Å².